The first kappa shape index (κ1) is 33.0. The van der Waals surface area contributed by atoms with Gasteiger partial charge in [0.05, 0.1) is 13.2 Å². The van der Waals surface area contributed by atoms with Crippen molar-refractivity contribution in [3.05, 3.63) is 35.7 Å². The number of alkyl halides is 3. The molecule has 2 unspecified atom stereocenters. The molecule has 1 N–H and O–H groups in total. The van der Waals surface area contributed by atoms with Gasteiger partial charge in [-0.25, -0.2) is 14.4 Å². The number of thioether (sulfide) groups is 1. The summed E-state index contributed by atoms with van der Waals surface area (Å²) in [7, 11) is 0. The van der Waals surface area contributed by atoms with Crippen LogP contribution in [0.1, 0.15) is 39.5 Å². The molecule has 5 aliphatic rings. The van der Waals surface area contributed by atoms with Crippen LogP contribution in [0.15, 0.2) is 35.7 Å². The Hall–Kier alpha value is -2.87. The molecule has 234 valence electrons. The van der Waals surface area contributed by atoms with Crippen molar-refractivity contribution >= 4 is 75.8 Å². The molecule has 0 radical (unpaired) electrons. The van der Waals surface area contributed by atoms with Crippen molar-refractivity contribution < 1.29 is 47.7 Å². The molecule has 3 fully saturated rings. The van der Waals surface area contributed by atoms with Crippen molar-refractivity contribution in [3.63, 3.8) is 0 Å². The minimum Gasteiger partial charge on any atom is -0.457 e. The van der Waals surface area contributed by atoms with Crippen LogP contribution in [0, 0.1) is 11.8 Å². The van der Waals surface area contributed by atoms with Crippen LogP contribution in [-0.2, 0) is 33.3 Å². The second kappa shape index (κ2) is 14.3. The summed E-state index contributed by atoms with van der Waals surface area (Å²) in [5.41, 5.74) is -0.522. The highest BCUT2D eigenvalue weighted by Gasteiger charge is 2.54. The molecule has 1 saturated heterocycles. The SMILES string of the molecule is CC(=O)NC1C(=O)N(C(C(=O)OCC(Cl)(Cl)Cl)=C(C)OC(=O)OCC2CC2)C1SC(=O)OCC1CC1.c1cc2cc(c1)O2. The molecule has 2 aliphatic carbocycles. The van der Waals surface area contributed by atoms with Crippen molar-refractivity contribution in [3.8, 4) is 11.5 Å². The first-order chi connectivity index (χ1) is 20.3. The van der Waals surface area contributed by atoms with Gasteiger partial charge in [-0.1, -0.05) is 40.9 Å². The number of benzene rings is 1. The number of β-lactam (4-membered cyclic amide) rings is 1. The minimum atomic E-state index is -1.96. The molecular formula is C27H29Cl3N2O10S. The summed E-state index contributed by atoms with van der Waals surface area (Å²) in [6.07, 6.45) is 2.68. The molecule has 1 aromatic rings. The number of hydrogen-bond acceptors (Lipinski definition) is 11. The van der Waals surface area contributed by atoms with Crippen molar-refractivity contribution in [2.24, 2.45) is 11.8 Å². The molecule has 12 nitrogen and oxygen atoms in total. The molecule has 2 atom stereocenters. The first-order valence-electron chi connectivity index (χ1n) is 13.3. The summed E-state index contributed by atoms with van der Waals surface area (Å²) >= 11 is 17.6. The number of rotatable bonds is 10. The highest BCUT2D eigenvalue weighted by molar-refractivity contribution is 8.13. The lowest BCUT2D eigenvalue weighted by Crippen LogP contribution is -2.69. The van der Waals surface area contributed by atoms with E-state index in [1.807, 2.05) is 24.3 Å². The number of hydrogen-bond donors (Lipinski definition) is 1. The van der Waals surface area contributed by atoms with E-state index < -0.39 is 56.8 Å². The lowest BCUT2D eigenvalue weighted by atomic mass is 10.1. The molecule has 6 rings (SSSR count). The minimum absolute atomic E-state index is 0.151. The Morgan fingerprint density at radius 3 is 2.05 bits per heavy atom. The van der Waals surface area contributed by atoms with E-state index in [9.17, 15) is 24.0 Å². The third-order valence-electron chi connectivity index (χ3n) is 6.30. The lowest BCUT2D eigenvalue weighted by molar-refractivity contribution is -0.153. The van der Waals surface area contributed by atoms with Crippen molar-refractivity contribution in [1.29, 1.82) is 0 Å². The standard InChI is InChI=1S/C21H25Cl3N2O9S.C6H4O/c1-10(35-19(30)32-7-12-3-4-12)15(18(29)34-9-21(22,23)24)26-16(28)14(25-11(2)27)17(26)36-20(31)33-8-13-5-6-13;1-2-5-4-6(3-1)7-5/h12-14,17H,3-9H2,1-2H3,(H,25,27);1-4H. The van der Waals surface area contributed by atoms with Crippen molar-refractivity contribution in [1.82, 2.24) is 10.2 Å². The molecule has 2 saturated carbocycles. The van der Waals surface area contributed by atoms with Crippen LogP contribution >= 0.6 is 46.6 Å². The highest BCUT2D eigenvalue weighted by atomic mass is 35.6. The number of likely N-dealkylation sites (tertiary alicyclic amines) is 1. The van der Waals surface area contributed by atoms with Crippen molar-refractivity contribution in [2.75, 3.05) is 19.8 Å². The van der Waals surface area contributed by atoms with Gasteiger partial charge in [-0.05, 0) is 68.3 Å². The number of carbonyl (C=O) groups excluding carboxylic acids is 5. The maximum atomic E-state index is 13.0. The Kier molecular flexibility index (Phi) is 11.0. The molecular weight excluding hydrogens is 651 g/mol. The van der Waals surface area contributed by atoms with Crippen LogP contribution in [0.25, 0.3) is 0 Å². The van der Waals surface area contributed by atoms with E-state index in [0.717, 1.165) is 42.1 Å². The van der Waals surface area contributed by atoms with Gasteiger partial charge in [-0.3, -0.25) is 14.5 Å². The smallest absolute Gasteiger partial charge is 0.457 e. The largest absolute Gasteiger partial charge is 0.513 e. The zero-order valence-electron chi connectivity index (χ0n) is 23.1. The topological polar surface area (TPSA) is 147 Å². The first-order valence-corrected chi connectivity index (χ1v) is 15.3. The number of carbonyl (C=O) groups is 5. The number of ether oxygens (including phenoxy) is 5. The summed E-state index contributed by atoms with van der Waals surface area (Å²) < 4.78 is 23.4. The highest BCUT2D eigenvalue weighted by Crippen LogP contribution is 2.38. The van der Waals surface area contributed by atoms with E-state index in [4.69, 9.17) is 58.5 Å². The maximum Gasteiger partial charge on any atom is 0.513 e. The Morgan fingerprint density at radius 2 is 1.58 bits per heavy atom. The van der Waals surface area contributed by atoms with Gasteiger partial charge in [0.15, 0.2) is 5.70 Å². The Balaban J connectivity index is 0.000000520. The van der Waals surface area contributed by atoms with Gasteiger partial charge in [0.1, 0.15) is 35.3 Å². The van der Waals surface area contributed by atoms with E-state index in [1.54, 1.807) is 0 Å². The van der Waals surface area contributed by atoms with E-state index >= 15 is 0 Å². The molecule has 3 aliphatic heterocycles. The van der Waals surface area contributed by atoms with E-state index in [0.29, 0.717) is 17.7 Å². The molecule has 2 bridgehead atoms. The van der Waals surface area contributed by atoms with Crippen molar-refractivity contribution in [2.45, 2.75) is 54.7 Å². The number of nitrogens with zero attached hydrogens (tertiary/aromatic N) is 1. The molecule has 0 aromatic heterocycles. The molecule has 0 spiro atoms. The monoisotopic (exact) mass is 678 g/mol. The Bertz CT molecular complexity index is 1270. The average Bonchev–Trinajstić information content (AvgIpc) is 3.85. The number of nitrogens with one attached hydrogen (secondary N) is 1. The van der Waals surface area contributed by atoms with Crippen LogP contribution in [0.4, 0.5) is 9.59 Å². The van der Waals surface area contributed by atoms with Gasteiger partial charge in [-0.2, -0.15) is 0 Å². The fourth-order valence-electron chi connectivity index (χ4n) is 3.76. The van der Waals surface area contributed by atoms with Gasteiger partial charge < -0.3 is 29.0 Å². The summed E-state index contributed by atoms with van der Waals surface area (Å²) in [5, 5.41) is 0.613. The van der Waals surface area contributed by atoms with Gasteiger partial charge in [-0.15, -0.1) is 0 Å². The third-order valence-corrected chi connectivity index (χ3v) is 7.66. The van der Waals surface area contributed by atoms with Crippen LogP contribution in [-0.4, -0.2) is 69.2 Å². The summed E-state index contributed by atoms with van der Waals surface area (Å²) in [6, 6.07) is 6.69. The zero-order chi connectivity index (χ0) is 31.3. The van der Waals surface area contributed by atoms with E-state index in [2.05, 4.69) is 5.32 Å². The van der Waals surface area contributed by atoms with Crippen LogP contribution in [0.2, 0.25) is 0 Å². The molecule has 3 heterocycles. The number of fused-ring (bicyclic) bond motifs is 2. The zero-order valence-corrected chi connectivity index (χ0v) is 26.2. The molecule has 1 aromatic carbocycles. The number of halogens is 3. The molecule has 16 heteroatoms. The third kappa shape index (κ3) is 10.1. The summed E-state index contributed by atoms with van der Waals surface area (Å²) in [6.45, 7) is 2.12. The number of esters is 1. The number of allylic oxidation sites excluding steroid dienone is 1. The average molecular weight is 680 g/mol. The number of amides is 2. The van der Waals surface area contributed by atoms with Crippen LogP contribution in [0.3, 0.4) is 0 Å². The van der Waals surface area contributed by atoms with Gasteiger partial charge in [0.25, 0.3) is 5.91 Å². The second-order valence-electron chi connectivity index (χ2n) is 10.2. The Morgan fingerprint density at radius 1 is 1.00 bits per heavy atom. The fraction of sp³-hybridized carbons (Fsp3) is 0.519. The summed E-state index contributed by atoms with van der Waals surface area (Å²) in [4.78, 5) is 63.0. The quantitative estimate of drug-likeness (QED) is 0.0855. The fourth-order valence-corrected chi connectivity index (χ4v) is 4.89. The molecule has 2 amide bonds. The van der Waals surface area contributed by atoms with E-state index in [-0.39, 0.29) is 24.9 Å². The van der Waals surface area contributed by atoms with Crippen LogP contribution < -0.4 is 10.1 Å². The van der Waals surface area contributed by atoms with Gasteiger partial charge >= 0.3 is 17.4 Å². The molecule has 43 heavy (non-hydrogen) atoms. The Labute approximate surface area is 266 Å². The van der Waals surface area contributed by atoms with Gasteiger partial charge in [0, 0.05) is 13.0 Å². The van der Waals surface area contributed by atoms with Crippen LogP contribution in [0.5, 0.6) is 11.5 Å². The predicted molar refractivity (Wildman–Crippen MR) is 156 cm³/mol. The normalized spacial score (nSPS) is 20.5. The second-order valence-corrected chi connectivity index (χ2v) is 13.7. The maximum absolute atomic E-state index is 13.0. The lowest BCUT2D eigenvalue weighted by Gasteiger charge is -2.46. The van der Waals surface area contributed by atoms with E-state index in [1.165, 1.54) is 13.8 Å². The van der Waals surface area contributed by atoms with Gasteiger partial charge in [0.2, 0.25) is 9.70 Å². The summed E-state index contributed by atoms with van der Waals surface area (Å²) in [5.74, 6) is -0.288. The predicted octanol–water partition coefficient (Wildman–Crippen LogP) is 5.44.